The molecule has 8 nitrogen and oxygen atoms in total. The minimum Gasteiger partial charge on any atom is -0.481 e. The predicted octanol–water partition coefficient (Wildman–Crippen LogP) is 5.36. The Balaban J connectivity index is 1.51. The van der Waals surface area contributed by atoms with Gasteiger partial charge < -0.3 is 19.7 Å². The Kier molecular flexibility index (Phi) is 7.93. The number of rotatable bonds is 10. The summed E-state index contributed by atoms with van der Waals surface area (Å²) in [7, 11) is 0. The molecule has 1 saturated carbocycles. The summed E-state index contributed by atoms with van der Waals surface area (Å²) in [6.45, 7) is 2.93. The highest BCUT2D eigenvalue weighted by Gasteiger charge is 2.34. The van der Waals surface area contributed by atoms with Gasteiger partial charge in [-0.05, 0) is 55.6 Å². The van der Waals surface area contributed by atoms with E-state index in [2.05, 4.69) is 12.0 Å². The molecule has 3 atom stereocenters. The molecule has 2 N–H and O–H groups in total. The number of unbranched alkanes of at least 4 members (excludes halogenated alkanes) is 1. The summed E-state index contributed by atoms with van der Waals surface area (Å²) < 4.78 is 12.6. The van der Waals surface area contributed by atoms with Crippen molar-refractivity contribution in [1.82, 2.24) is 9.78 Å². The summed E-state index contributed by atoms with van der Waals surface area (Å²) in [5, 5.41) is 24.9. The molecule has 1 aliphatic heterocycles. The average molecular weight is 509 g/mol. The van der Waals surface area contributed by atoms with Crippen LogP contribution >= 0.6 is 23.4 Å². The highest BCUT2D eigenvalue weighted by Crippen LogP contribution is 2.44. The Morgan fingerprint density at radius 1 is 1.21 bits per heavy atom. The summed E-state index contributed by atoms with van der Waals surface area (Å²) in [6.07, 6.45) is 6.61. The van der Waals surface area contributed by atoms with E-state index in [-0.39, 0.29) is 35.9 Å². The Morgan fingerprint density at radius 3 is 2.68 bits per heavy atom. The monoisotopic (exact) mass is 508 g/mol. The predicted molar refractivity (Wildman–Crippen MR) is 128 cm³/mol. The van der Waals surface area contributed by atoms with Gasteiger partial charge >= 0.3 is 11.9 Å². The van der Waals surface area contributed by atoms with Crippen LogP contribution in [-0.2, 0) is 17.8 Å². The summed E-state index contributed by atoms with van der Waals surface area (Å²) in [5.74, 6) is -0.394. The van der Waals surface area contributed by atoms with Crippen LogP contribution in [0.4, 0.5) is 0 Å². The standard InChI is InChI=1S/C24H29ClN2O6S/c1-2-3-6-27-12-18(24(30)31)23(26-27)34-17-5-4-14(10-22(28)29)15(8-17)7-16-9-20-21(11-19(16)25)33-13-32-20/h9,11-12,14-15,17H,2-8,10,13H2,1H3,(H,28,29)(H,30,31). The van der Waals surface area contributed by atoms with Crippen LogP contribution in [0.5, 0.6) is 11.5 Å². The number of halogens is 1. The smallest absolute Gasteiger partial charge is 0.340 e. The Morgan fingerprint density at radius 2 is 1.97 bits per heavy atom. The lowest BCUT2D eigenvalue weighted by molar-refractivity contribution is -0.138. The van der Waals surface area contributed by atoms with Crippen molar-refractivity contribution in [3.63, 3.8) is 0 Å². The Hall–Kier alpha value is -2.39. The maximum atomic E-state index is 11.8. The molecule has 4 rings (SSSR count). The number of hydrogen-bond donors (Lipinski definition) is 2. The molecule has 0 radical (unpaired) electrons. The lowest BCUT2D eigenvalue weighted by atomic mass is 9.74. The topological polar surface area (TPSA) is 111 Å². The molecule has 1 aromatic carbocycles. The first kappa shape index (κ1) is 24.7. The van der Waals surface area contributed by atoms with Crippen LogP contribution in [-0.4, -0.2) is 44.0 Å². The zero-order valence-corrected chi connectivity index (χ0v) is 20.6. The number of carbonyl (C=O) groups is 2. The number of benzene rings is 1. The van der Waals surface area contributed by atoms with Crippen LogP contribution < -0.4 is 9.47 Å². The van der Waals surface area contributed by atoms with Gasteiger partial charge in [0.2, 0.25) is 6.79 Å². The second kappa shape index (κ2) is 10.9. The number of fused-ring (bicyclic) bond motifs is 1. The van der Waals surface area contributed by atoms with Crippen molar-refractivity contribution in [2.45, 2.75) is 68.7 Å². The fourth-order valence-corrected chi connectivity index (χ4v) is 6.32. The third-order valence-corrected chi connectivity index (χ3v) is 8.17. The lowest BCUT2D eigenvalue weighted by Gasteiger charge is -2.35. The minimum absolute atomic E-state index is 0.0249. The lowest BCUT2D eigenvalue weighted by Crippen LogP contribution is -2.30. The van der Waals surface area contributed by atoms with Gasteiger partial charge in [-0.25, -0.2) is 4.79 Å². The van der Waals surface area contributed by atoms with E-state index in [0.717, 1.165) is 37.7 Å². The van der Waals surface area contributed by atoms with Gasteiger partial charge in [0.05, 0.1) is 0 Å². The first-order chi connectivity index (χ1) is 16.3. The molecule has 0 spiro atoms. The molecule has 1 aliphatic carbocycles. The number of carboxylic acids is 2. The van der Waals surface area contributed by atoms with Crippen molar-refractivity contribution in [3.8, 4) is 11.5 Å². The highest BCUT2D eigenvalue weighted by atomic mass is 35.5. The number of thioether (sulfide) groups is 1. The molecule has 2 aliphatic rings. The van der Waals surface area contributed by atoms with Crippen molar-refractivity contribution >= 4 is 35.3 Å². The van der Waals surface area contributed by atoms with Crippen molar-refractivity contribution in [3.05, 3.63) is 34.5 Å². The molecule has 1 fully saturated rings. The van der Waals surface area contributed by atoms with Gasteiger partial charge in [0.25, 0.3) is 0 Å². The first-order valence-corrected chi connectivity index (χ1v) is 12.9. The van der Waals surface area contributed by atoms with E-state index in [1.165, 1.54) is 11.8 Å². The Bertz CT molecular complexity index is 1060. The number of aryl methyl sites for hydroxylation is 1. The molecule has 10 heteroatoms. The molecule has 2 aromatic rings. The number of nitrogens with zero attached hydrogens (tertiary/aromatic N) is 2. The van der Waals surface area contributed by atoms with Gasteiger partial charge in [0.1, 0.15) is 10.6 Å². The zero-order chi connectivity index (χ0) is 24.2. The van der Waals surface area contributed by atoms with Crippen LogP contribution in [0.3, 0.4) is 0 Å². The average Bonchev–Trinajstić information content (AvgIpc) is 3.40. The van der Waals surface area contributed by atoms with Crippen molar-refractivity contribution in [2.24, 2.45) is 11.8 Å². The van der Waals surface area contributed by atoms with E-state index in [1.54, 1.807) is 16.9 Å². The summed E-state index contributed by atoms with van der Waals surface area (Å²) >= 11 is 8.01. The molecule has 184 valence electrons. The van der Waals surface area contributed by atoms with Gasteiger partial charge in [0.15, 0.2) is 11.5 Å². The molecular weight excluding hydrogens is 480 g/mol. The van der Waals surface area contributed by atoms with E-state index in [9.17, 15) is 19.8 Å². The number of aromatic carboxylic acids is 1. The summed E-state index contributed by atoms with van der Waals surface area (Å²) in [4.78, 5) is 23.3. The van der Waals surface area contributed by atoms with Gasteiger partial charge in [-0.1, -0.05) is 24.9 Å². The van der Waals surface area contributed by atoms with Crippen molar-refractivity contribution in [1.29, 1.82) is 0 Å². The summed E-state index contributed by atoms with van der Waals surface area (Å²) in [6, 6.07) is 3.64. The van der Waals surface area contributed by atoms with E-state index in [4.69, 9.17) is 21.1 Å². The molecule has 3 unspecified atom stereocenters. The van der Waals surface area contributed by atoms with E-state index < -0.39 is 11.9 Å². The maximum absolute atomic E-state index is 11.8. The van der Waals surface area contributed by atoms with Gasteiger partial charge in [-0.3, -0.25) is 9.48 Å². The minimum atomic E-state index is -0.978. The van der Waals surface area contributed by atoms with E-state index >= 15 is 0 Å². The molecule has 34 heavy (non-hydrogen) atoms. The molecular formula is C24H29ClN2O6S. The molecule has 0 saturated heterocycles. The quantitative estimate of drug-likeness (QED) is 0.441. The number of carboxylic acid groups (broad SMARTS) is 2. The van der Waals surface area contributed by atoms with Crippen LogP contribution in [0, 0.1) is 11.8 Å². The largest absolute Gasteiger partial charge is 0.481 e. The number of aliphatic carboxylic acids is 1. The third kappa shape index (κ3) is 5.81. The van der Waals surface area contributed by atoms with Crippen molar-refractivity contribution < 1.29 is 29.3 Å². The van der Waals surface area contributed by atoms with Crippen LogP contribution in [0.15, 0.2) is 23.4 Å². The van der Waals surface area contributed by atoms with Crippen LogP contribution in [0.1, 0.15) is 61.4 Å². The number of hydrogen-bond acceptors (Lipinski definition) is 6. The van der Waals surface area contributed by atoms with Gasteiger partial charge in [-0.2, -0.15) is 5.10 Å². The highest BCUT2D eigenvalue weighted by molar-refractivity contribution is 7.99. The molecule has 2 heterocycles. The second-order valence-corrected chi connectivity index (χ2v) is 10.6. The van der Waals surface area contributed by atoms with Crippen molar-refractivity contribution in [2.75, 3.05) is 6.79 Å². The second-order valence-electron chi connectivity index (χ2n) is 8.94. The zero-order valence-electron chi connectivity index (χ0n) is 19.0. The van der Waals surface area contributed by atoms with Crippen LogP contribution in [0.2, 0.25) is 5.02 Å². The summed E-state index contributed by atoms with van der Waals surface area (Å²) in [5.41, 5.74) is 1.14. The SMILES string of the molecule is CCCCn1cc(C(=O)O)c(SC2CCC(CC(=O)O)C(Cc3cc4c(cc3Cl)OCO4)C2)n1. The Labute approximate surface area is 207 Å². The van der Waals surface area contributed by atoms with Crippen LogP contribution in [0.25, 0.3) is 0 Å². The molecule has 1 aromatic heterocycles. The van der Waals surface area contributed by atoms with Gasteiger partial charge in [-0.15, -0.1) is 11.8 Å². The van der Waals surface area contributed by atoms with Gasteiger partial charge in [0, 0.05) is 35.5 Å². The first-order valence-electron chi connectivity index (χ1n) is 11.6. The fraction of sp³-hybridized carbons (Fsp3) is 0.542. The van der Waals surface area contributed by atoms with E-state index in [1.807, 2.05) is 6.07 Å². The fourth-order valence-electron chi connectivity index (χ4n) is 4.76. The normalized spacial score (nSPS) is 21.5. The van der Waals surface area contributed by atoms with E-state index in [0.29, 0.717) is 34.5 Å². The third-order valence-electron chi connectivity index (χ3n) is 6.53. The molecule has 0 amide bonds. The number of ether oxygens (including phenoxy) is 2. The number of aromatic nitrogens is 2. The molecule has 0 bridgehead atoms. The maximum Gasteiger partial charge on any atom is 0.340 e.